The molecule has 0 fully saturated rings. The molecule has 2 rings (SSSR count). The smallest absolute Gasteiger partial charge is 0.246 e. The Morgan fingerprint density at radius 1 is 1.19 bits per heavy atom. The number of nitrogens with one attached hydrogen (secondary N) is 1. The molecule has 0 aromatic heterocycles. The Kier molecular flexibility index (Phi) is 7.44. The number of nitrogens with zero attached hydrogens (tertiary/aromatic N) is 1. The summed E-state index contributed by atoms with van der Waals surface area (Å²) in [7, 11) is 3.08. The quantitative estimate of drug-likeness (QED) is 0.731. The third kappa shape index (κ3) is 6.15. The lowest BCUT2D eigenvalue weighted by molar-refractivity contribution is -0.129. The van der Waals surface area contributed by atoms with Gasteiger partial charge >= 0.3 is 0 Å². The molecule has 0 saturated carbocycles. The normalized spacial score (nSPS) is 10.7. The van der Waals surface area contributed by atoms with Crippen molar-refractivity contribution in [3.8, 4) is 5.75 Å². The highest BCUT2D eigenvalue weighted by atomic mass is 35.5. The molecule has 0 aliphatic heterocycles. The molecule has 2 aromatic carbocycles. The number of rotatable bonds is 7. The minimum atomic E-state index is -0.341. The zero-order valence-corrected chi connectivity index (χ0v) is 16.4. The van der Waals surface area contributed by atoms with Crippen LogP contribution in [0.25, 0.3) is 6.08 Å². The Morgan fingerprint density at radius 3 is 2.52 bits per heavy atom. The number of hydrogen-bond donors (Lipinski definition) is 1. The number of carbonyl (C=O) groups is 2. The highest BCUT2D eigenvalue weighted by Gasteiger charge is 2.13. The van der Waals surface area contributed by atoms with Crippen molar-refractivity contribution in [3.63, 3.8) is 0 Å². The second-order valence-corrected chi connectivity index (χ2v) is 6.45. The zero-order chi connectivity index (χ0) is 19.8. The second-order valence-electron chi connectivity index (χ2n) is 6.02. The van der Waals surface area contributed by atoms with Crippen molar-refractivity contribution < 1.29 is 14.3 Å². The first-order valence-electron chi connectivity index (χ1n) is 8.58. The van der Waals surface area contributed by atoms with Gasteiger partial charge in [-0.05, 0) is 41.8 Å². The van der Waals surface area contributed by atoms with Crippen LogP contribution in [0.3, 0.4) is 0 Å². The summed E-state index contributed by atoms with van der Waals surface area (Å²) in [4.78, 5) is 25.8. The maximum absolute atomic E-state index is 12.2. The van der Waals surface area contributed by atoms with E-state index in [2.05, 4.69) is 12.2 Å². The fourth-order valence-corrected chi connectivity index (χ4v) is 2.59. The van der Waals surface area contributed by atoms with Crippen LogP contribution in [0.2, 0.25) is 5.02 Å². The van der Waals surface area contributed by atoms with Gasteiger partial charge in [-0.3, -0.25) is 9.59 Å². The van der Waals surface area contributed by atoms with Gasteiger partial charge in [-0.25, -0.2) is 0 Å². The van der Waals surface area contributed by atoms with Crippen molar-refractivity contribution in [2.45, 2.75) is 13.3 Å². The Bertz CT molecular complexity index is 832. The molecule has 0 spiro atoms. The lowest BCUT2D eigenvalue weighted by Gasteiger charge is -2.16. The number of ether oxygens (including phenoxy) is 1. The predicted octanol–water partition coefficient (Wildman–Crippen LogP) is 4.02. The molecule has 0 aliphatic carbocycles. The average molecular weight is 387 g/mol. The molecule has 0 saturated heterocycles. The van der Waals surface area contributed by atoms with Gasteiger partial charge in [0.05, 0.1) is 19.3 Å². The number of methoxy groups -OCH3 is 1. The van der Waals surface area contributed by atoms with E-state index in [9.17, 15) is 9.59 Å². The van der Waals surface area contributed by atoms with Crippen LogP contribution >= 0.6 is 11.6 Å². The minimum Gasteiger partial charge on any atom is -0.495 e. The first kappa shape index (κ1) is 20.5. The highest BCUT2D eigenvalue weighted by Crippen LogP contribution is 2.27. The number of hydrogen-bond acceptors (Lipinski definition) is 3. The van der Waals surface area contributed by atoms with Gasteiger partial charge < -0.3 is 15.0 Å². The summed E-state index contributed by atoms with van der Waals surface area (Å²) in [6, 6.07) is 12.9. The zero-order valence-electron chi connectivity index (χ0n) is 15.7. The molecular weight excluding hydrogens is 364 g/mol. The lowest BCUT2D eigenvalue weighted by Crippen LogP contribution is -2.33. The van der Waals surface area contributed by atoms with Gasteiger partial charge in [0.25, 0.3) is 0 Å². The minimum absolute atomic E-state index is 0.0897. The van der Waals surface area contributed by atoms with Crippen molar-refractivity contribution in [3.05, 3.63) is 64.7 Å². The van der Waals surface area contributed by atoms with Gasteiger partial charge in [0.15, 0.2) is 0 Å². The molecule has 6 heteroatoms. The van der Waals surface area contributed by atoms with E-state index in [-0.39, 0.29) is 18.4 Å². The number of amides is 2. The molecule has 0 radical (unpaired) electrons. The van der Waals surface area contributed by atoms with Crippen LogP contribution in [0.15, 0.2) is 48.5 Å². The third-order valence-electron chi connectivity index (χ3n) is 4.00. The average Bonchev–Trinajstić information content (AvgIpc) is 2.66. The fourth-order valence-electron chi connectivity index (χ4n) is 2.42. The van der Waals surface area contributed by atoms with Crippen LogP contribution in [0, 0.1) is 0 Å². The Hall–Kier alpha value is -2.79. The molecule has 0 bridgehead atoms. The second kappa shape index (κ2) is 9.78. The van der Waals surface area contributed by atoms with E-state index in [0.717, 1.165) is 12.0 Å². The molecule has 1 N–H and O–H groups in total. The van der Waals surface area contributed by atoms with E-state index < -0.39 is 0 Å². The lowest BCUT2D eigenvalue weighted by atomic mass is 10.1. The molecule has 0 aliphatic rings. The first-order chi connectivity index (χ1) is 12.9. The third-order valence-corrected chi connectivity index (χ3v) is 4.23. The summed E-state index contributed by atoms with van der Waals surface area (Å²) in [5.74, 6) is -0.105. The SMILES string of the molecule is CCc1ccc(/C=C/C(=O)N(C)CC(=O)Nc2cc(Cl)ccc2OC)cc1. The Balaban J connectivity index is 1.94. The highest BCUT2D eigenvalue weighted by molar-refractivity contribution is 6.31. The monoisotopic (exact) mass is 386 g/mol. The van der Waals surface area contributed by atoms with E-state index in [4.69, 9.17) is 16.3 Å². The van der Waals surface area contributed by atoms with Crippen LogP contribution in [0.1, 0.15) is 18.1 Å². The van der Waals surface area contributed by atoms with Crippen LogP contribution in [-0.4, -0.2) is 37.4 Å². The molecule has 27 heavy (non-hydrogen) atoms. The fraction of sp³-hybridized carbons (Fsp3) is 0.238. The molecule has 0 unspecified atom stereocenters. The van der Waals surface area contributed by atoms with E-state index in [1.54, 1.807) is 31.3 Å². The van der Waals surface area contributed by atoms with E-state index in [0.29, 0.717) is 16.5 Å². The van der Waals surface area contributed by atoms with Crippen LogP contribution in [-0.2, 0) is 16.0 Å². The number of halogens is 1. The summed E-state index contributed by atoms with van der Waals surface area (Å²) in [5, 5.41) is 3.19. The van der Waals surface area contributed by atoms with Gasteiger partial charge in [0, 0.05) is 18.1 Å². The van der Waals surface area contributed by atoms with Crippen LogP contribution in [0.5, 0.6) is 5.75 Å². The van der Waals surface area contributed by atoms with Crippen LogP contribution in [0.4, 0.5) is 5.69 Å². The van der Waals surface area contributed by atoms with E-state index in [1.807, 2.05) is 24.3 Å². The van der Waals surface area contributed by atoms with E-state index >= 15 is 0 Å². The van der Waals surface area contributed by atoms with Crippen molar-refractivity contribution in [2.75, 3.05) is 26.0 Å². The van der Waals surface area contributed by atoms with Gasteiger partial charge in [0.2, 0.25) is 11.8 Å². The summed E-state index contributed by atoms with van der Waals surface area (Å²) in [5.41, 5.74) is 2.63. The Labute approximate surface area is 164 Å². The first-order valence-corrected chi connectivity index (χ1v) is 8.96. The standard InChI is InChI=1S/C21H23ClN2O3/c1-4-15-5-7-16(8-6-15)9-12-21(26)24(2)14-20(25)23-18-13-17(22)10-11-19(18)27-3/h5-13H,4,14H2,1-3H3,(H,23,25)/b12-9+. The predicted molar refractivity (Wildman–Crippen MR) is 109 cm³/mol. The maximum atomic E-state index is 12.2. The molecule has 142 valence electrons. The van der Waals surface area contributed by atoms with Crippen molar-refractivity contribution >= 4 is 35.2 Å². The van der Waals surface area contributed by atoms with E-state index in [1.165, 1.54) is 23.6 Å². The van der Waals surface area contributed by atoms with Crippen molar-refractivity contribution in [1.82, 2.24) is 4.90 Å². The topological polar surface area (TPSA) is 58.6 Å². The summed E-state index contributed by atoms with van der Waals surface area (Å²) in [6.45, 7) is 2.00. The molecule has 2 aromatic rings. The van der Waals surface area contributed by atoms with Crippen LogP contribution < -0.4 is 10.1 Å². The number of likely N-dealkylation sites (N-methyl/N-ethyl adjacent to an activating group) is 1. The molecule has 0 heterocycles. The van der Waals surface area contributed by atoms with Crippen molar-refractivity contribution in [2.24, 2.45) is 0 Å². The number of anilines is 1. The Morgan fingerprint density at radius 2 is 1.89 bits per heavy atom. The van der Waals surface area contributed by atoms with Gasteiger partial charge in [-0.2, -0.15) is 0 Å². The molecule has 5 nitrogen and oxygen atoms in total. The largest absolute Gasteiger partial charge is 0.495 e. The van der Waals surface area contributed by atoms with Gasteiger partial charge in [0.1, 0.15) is 5.75 Å². The number of carbonyl (C=O) groups excluding carboxylic acids is 2. The molecular formula is C21H23ClN2O3. The maximum Gasteiger partial charge on any atom is 0.246 e. The number of aryl methyl sites for hydroxylation is 1. The molecule has 0 atom stereocenters. The summed E-state index contributed by atoms with van der Waals surface area (Å²) in [6.07, 6.45) is 4.16. The van der Waals surface area contributed by atoms with Crippen molar-refractivity contribution in [1.29, 1.82) is 0 Å². The number of benzene rings is 2. The molecule has 2 amide bonds. The summed E-state index contributed by atoms with van der Waals surface area (Å²) < 4.78 is 5.19. The van der Waals surface area contributed by atoms with Gasteiger partial charge in [-0.1, -0.05) is 42.8 Å². The van der Waals surface area contributed by atoms with Gasteiger partial charge in [-0.15, -0.1) is 0 Å². The summed E-state index contributed by atoms with van der Waals surface area (Å²) >= 11 is 5.95.